The highest BCUT2D eigenvalue weighted by molar-refractivity contribution is 5.80. The lowest BCUT2D eigenvalue weighted by Crippen LogP contribution is -2.37. The second-order valence-corrected chi connectivity index (χ2v) is 4.36. The molecule has 1 aromatic heterocycles. The number of alkyl halides is 3. The fourth-order valence-electron chi connectivity index (χ4n) is 1.99. The maximum atomic E-state index is 12.8. The summed E-state index contributed by atoms with van der Waals surface area (Å²) in [6, 6.07) is 1.74. The molecule has 1 aromatic carbocycles. The van der Waals surface area contributed by atoms with Gasteiger partial charge >= 0.3 is 17.3 Å². The largest absolute Gasteiger partial charge is 0.418 e. The van der Waals surface area contributed by atoms with Gasteiger partial charge in [-0.3, -0.25) is 14.2 Å². The maximum Gasteiger partial charge on any atom is 0.418 e. The van der Waals surface area contributed by atoms with Crippen LogP contribution in [-0.4, -0.2) is 23.3 Å². The lowest BCUT2D eigenvalue weighted by atomic mass is 10.1. The van der Waals surface area contributed by atoms with E-state index in [1.165, 1.54) is 7.11 Å². The third-order valence-corrected chi connectivity index (χ3v) is 2.97. The zero-order chi connectivity index (χ0) is 15.8. The lowest BCUT2D eigenvalue weighted by Gasteiger charge is -2.14. The van der Waals surface area contributed by atoms with Gasteiger partial charge in [-0.05, 0) is 12.1 Å². The van der Waals surface area contributed by atoms with E-state index in [-0.39, 0.29) is 24.2 Å². The Morgan fingerprint density at radius 3 is 2.57 bits per heavy atom. The molecule has 0 aliphatic rings. The van der Waals surface area contributed by atoms with E-state index in [9.17, 15) is 22.8 Å². The van der Waals surface area contributed by atoms with Gasteiger partial charge in [0.1, 0.15) is 0 Å². The molecular formula is C12H12F3N3O3. The summed E-state index contributed by atoms with van der Waals surface area (Å²) in [5.41, 5.74) is 1.93. The van der Waals surface area contributed by atoms with Crippen molar-refractivity contribution in [2.24, 2.45) is 0 Å². The zero-order valence-electron chi connectivity index (χ0n) is 11.0. The Balaban J connectivity index is 2.80. The van der Waals surface area contributed by atoms with Crippen LogP contribution in [0.2, 0.25) is 0 Å². The molecule has 0 fully saturated rings. The molecule has 0 unspecified atom stereocenters. The number of methoxy groups -OCH3 is 1. The number of aromatic nitrogens is 2. The van der Waals surface area contributed by atoms with E-state index in [4.69, 9.17) is 10.5 Å². The number of nitrogens with one attached hydrogen (secondary N) is 1. The molecule has 0 saturated carbocycles. The third kappa shape index (κ3) is 2.77. The predicted octanol–water partition coefficient (Wildman–Crippen LogP) is 0.937. The van der Waals surface area contributed by atoms with Gasteiger partial charge in [0.15, 0.2) is 0 Å². The number of benzene rings is 1. The Labute approximate surface area is 115 Å². The average Bonchev–Trinajstić information content (AvgIpc) is 2.38. The number of hydrogen-bond acceptors (Lipinski definition) is 4. The van der Waals surface area contributed by atoms with Crippen LogP contribution in [0.1, 0.15) is 5.56 Å². The number of anilines is 1. The van der Waals surface area contributed by atoms with Crippen LogP contribution < -0.4 is 16.9 Å². The molecule has 0 saturated heterocycles. The molecule has 6 nitrogen and oxygen atoms in total. The minimum Gasteiger partial charge on any atom is -0.398 e. The summed E-state index contributed by atoms with van der Waals surface area (Å²) in [5.74, 6) is 0. The summed E-state index contributed by atoms with van der Waals surface area (Å²) >= 11 is 0. The van der Waals surface area contributed by atoms with Crippen molar-refractivity contribution in [3.8, 4) is 0 Å². The fraction of sp³-hybridized carbons (Fsp3) is 0.333. The molecule has 21 heavy (non-hydrogen) atoms. The first kappa shape index (κ1) is 15.1. The van der Waals surface area contributed by atoms with Gasteiger partial charge in [0, 0.05) is 19.3 Å². The van der Waals surface area contributed by atoms with Crippen LogP contribution in [0.3, 0.4) is 0 Å². The highest BCUT2D eigenvalue weighted by Crippen LogP contribution is 2.35. The van der Waals surface area contributed by atoms with Crippen molar-refractivity contribution in [1.82, 2.24) is 9.55 Å². The number of hydrogen-bond donors (Lipinski definition) is 2. The molecule has 2 aromatic rings. The Morgan fingerprint density at radius 2 is 2.00 bits per heavy atom. The van der Waals surface area contributed by atoms with Crippen LogP contribution in [0.15, 0.2) is 21.7 Å². The van der Waals surface area contributed by atoms with Gasteiger partial charge in [0.25, 0.3) is 0 Å². The summed E-state index contributed by atoms with van der Waals surface area (Å²) < 4.78 is 44.2. The van der Waals surface area contributed by atoms with Crippen molar-refractivity contribution in [1.29, 1.82) is 0 Å². The van der Waals surface area contributed by atoms with Gasteiger partial charge in [-0.15, -0.1) is 0 Å². The molecule has 3 N–H and O–H groups in total. The number of fused-ring (bicyclic) bond motifs is 1. The van der Waals surface area contributed by atoms with Crippen LogP contribution in [-0.2, 0) is 17.5 Å². The van der Waals surface area contributed by atoms with Crippen LogP contribution >= 0.6 is 0 Å². The number of nitrogens with zero attached hydrogens (tertiary/aromatic N) is 1. The molecule has 0 amide bonds. The smallest absolute Gasteiger partial charge is 0.398 e. The number of halogens is 3. The van der Waals surface area contributed by atoms with Gasteiger partial charge < -0.3 is 15.5 Å². The first-order chi connectivity index (χ1) is 9.75. The SMILES string of the molecule is COCCn1c(=O)c(=O)[nH]c2cc(C(F)(F)F)c(N)cc21. The quantitative estimate of drug-likeness (QED) is 0.652. The van der Waals surface area contributed by atoms with Gasteiger partial charge in [-0.25, -0.2) is 0 Å². The number of H-pyrrole nitrogens is 1. The van der Waals surface area contributed by atoms with E-state index in [0.717, 1.165) is 16.7 Å². The van der Waals surface area contributed by atoms with E-state index in [1.54, 1.807) is 0 Å². The predicted molar refractivity (Wildman–Crippen MR) is 70.1 cm³/mol. The Morgan fingerprint density at radius 1 is 1.33 bits per heavy atom. The lowest BCUT2D eigenvalue weighted by molar-refractivity contribution is -0.136. The topological polar surface area (TPSA) is 90.1 Å². The van der Waals surface area contributed by atoms with Crippen LogP contribution in [0.4, 0.5) is 18.9 Å². The number of ether oxygens (including phenoxy) is 1. The first-order valence-corrected chi connectivity index (χ1v) is 5.88. The minimum atomic E-state index is -4.65. The summed E-state index contributed by atoms with van der Waals surface area (Å²) in [5, 5.41) is 0. The maximum absolute atomic E-state index is 12.8. The molecule has 0 radical (unpaired) electrons. The molecule has 0 bridgehead atoms. The first-order valence-electron chi connectivity index (χ1n) is 5.88. The average molecular weight is 303 g/mol. The summed E-state index contributed by atoms with van der Waals surface area (Å²) in [6.07, 6.45) is -4.65. The number of nitrogen functional groups attached to an aromatic ring is 1. The molecule has 0 spiro atoms. The Hall–Kier alpha value is -2.29. The molecule has 0 aliphatic heterocycles. The number of aromatic amines is 1. The van der Waals surface area contributed by atoms with Gasteiger partial charge in [0.2, 0.25) is 0 Å². The Bertz CT molecular complexity index is 792. The van der Waals surface area contributed by atoms with Crippen molar-refractivity contribution >= 4 is 16.7 Å². The van der Waals surface area contributed by atoms with Crippen molar-refractivity contribution in [3.05, 3.63) is 38.4 Å². The molecule has 2 rings (SSSR count). The Kier molecular flexibility index (Phi) is 3.77. The van der Waals surface area contributed by atoms with E-state index in [2.05, 4.69) is 4.98 Å². The normalized spacial score (nSPS) is 12.0. The summed E-state index contributed by atoms with van der Waals surface area (Å²) in [6.45, 7) is 0.153. The van der Waals surface area contributed by atoms with Crippen molar-refractivity contribution in [3.63, 3.8) is 0 Å². The molecule has 9 heteroatoms. The van der Waals surface area contributed by atoms with Gasteiger partial charge in [0.05, 0.1) is 23.2 Å². The second-order valence-electron chi connectivity index (χ2n) is 4.36. The van der Waals surface area contributed by atoms with Crippen molar-refractivity contribution < 1.29 is 17.9 Å². The highest BCUT2D eigenvalue weighted by atomic mass is 19.4. The van der Waals surface area contributed by atoms with E-state index in [0.29, 0.717) is 0 Å². The van der Waals surface area contributed by atoms with Gasteiger partial charge in [-0.1, -0.05) is 0 Å². The monoisotopic (exact) mass is 303 g/mol. The summed E-state index contributed by atoms with van der Waals surface area (Å²) in [4.78, 5) is 25.4. The van der Waals surface area contributed by atoms with E-state index < -0.39 is 28.5 Å². The van der Waals surface area contributed by atoms with Crippen molar-refractivity contribution in [2.75, 3.05) is 19.5 Å². The molecule has 0 aliphatic carbocycles. The fourth-order valence-corrected chi connectivity index (χ4v) is 1.99. The van der Waals surface area contributed by atoms with E-state index >= 15 is 0 Å². The molecule has 1 heterocycles. The van der Waals surface area contributed by atoms with Crippen LogP contribution in [0.5, 0.6) is 0 Å². The molecule has 0 atom stereocenters. The molecule has 114 valence electrons. The van der Waals surface area contributed by atoms with E-state index in [1.807, 2.05) is 0 Å². The second kappa shape index (κ2) is 5.24. The van der Waals surface area contributed by atoms with Crippen LogP contribution in [0, 0.1) is 0 Å². The zero-order valence-corrected chi connectivity index (χ0v) is 11.0. The highest BCUT2D eigenvalue weighted by Gasteiger charge is 2.33. The standard InChI is InChI=1S/C12H12F3N3O3/c1-21-3-2-18-9-5-7(16)6(12(13,14)15)4-8(9)17-10(19)11(18)20/h4-5H,2-3,16H2,1H3,(H,17,19). The van der Waals surface area contributed by atoms with Crippen molar-refractivity contribution in [2.45, 2.75) is 12.7 Å². The van der Waals surface area contributed by atoms with Gasteiger partial charge in [-0.2, -0.15) is 13.2 Å². The van der Waals surface area contributed by atoms with Crippen LogP contribution in [0.25, 0.3) is 11.0 Å². The molecular weight excluding hydrogens is 291 g/mol. The number of nitrogens with two attached hydrogens (primary N) is 1. The number of rotatable bonds is 3. The third-order valence-electron chi connectivity index (χ3n) is 2.97. The minimum absolute atomic E-state index is 0.0283. The summed E-state index contributed by atoms with van der Waals surface area (Å²) in [7, 11) is 1.40.